The number of hydrogen-bond acceptors (Lipinski definition) is 5. The number of hydrazine groups is 1. The summed E-state index contributed by atoms with van der Waals surface area (Å²) in [5.41, 5.74) is 2.26. The van der Waals surface area contributed by atoms with E-state index in [0.29, 0.717) is 18.0 Å². The standard InChI is InChI=1S/C11H17ClN4O2/c1-11(2,6-18-3)15-10(17)7-4-8(12)14-9(5-7)16-13/h4-5H,6,13H2,1-3H3,(H,14,16)(H,15,17). The molecule has 6 nitrogen and oxygen atoms in total. The van der Waals surface area contributed by atoms with Gasteiger partial charge in [-0.2, -0.15) is 0 Å². The highest BCUT2D eigenvalue weighted by Crippen LogP contribution is 2.15. The first kappa shape index (κ1) is 14.7. The fraction of sp³-hybridized carbons (Fsp3) is 0.455. The highest BCUT2D eigenvalue weighted by Gasteiger charge is 2.21. The van der Waals surface area contributed by atoms with E-state index in [0.717, 1.165) is 0 Å². The minimum Gasteiger partial charge on any atom is -0.382 e. The minimum absolute atomic E-state index is 0.195. The van der Waals surface area contributed by atoms with Crippen molar-refractivity contribution in [3.8, 4) is 0 Å². The van der Waals surface area contributed by atoms with E-state index in [9.17, 15) is 4.79 Å². The molecule has 100 valence electrons. The van der Waals surface area contributed by atoms with Crippen LogP contribution in [-0.4, -0.2) is 30.1 Å². The maximum atomic E-state index is 12.0. The molecule has 0 unspecified atom stereocenters. The number of pyridine rings is 1. The molecular formula is C11H17ClN4O2. The van der Waals surface area contributed by atoms with Crippen LogP contribution in [0.5, 0.6) is 0 Å². The van der Waals surface area contributed by atoms with Crippen molar-refractivity contribution < 1.29 is 9.53 Å². The molecule has 1 aromatic rings. The number of nitrogens with two attached hydrogens (primary N) is 1. The Morgan fingerprint density at radius 1 is 1.56 bits per heavy atom. The maximum absolute atomic E-state index is 12.0. The van der Waals surface area contributed by atoms with Gasteiger partial charge in [0.2, 0.25) is 0 Å². The zero-order valence-electron chi connectivity index (χ0n) is 10.6. The summed E-state index contributed by atoms with van der Waals surface area (Å²) in [6, 6.07) is 2.99. The average molecular weight is 273 g/mol. The first-order valence-electron chi connectivity index (χ1n) is 5.33. The summed E-state index contributed by atoms with van der Waals surface area (Å²) >= 11 is 5.79. The zero-order chi connectivity index (χ0) is 13.8. The number of carbonyl (C=O) groups is 1. The smallest absolute Gasteiger partial charge is 0.252 e. The third kappa shape index (κ3) is 4.14. The van der Waals surface area contributed by atoms with Crippen LogP contribution in [0.25, 0.3) is 0 Å². The van der Waals surface area contributed by atoms with Gasteiger partial charge >= 0.3 is 0 Å². The van der Waals surface area contributed by atoms with Crippen LogP contribution < -0.4 is 16.6 Å². The Hall–Kier alpha value is -1.37. The molecule has 0 saturated carbocycles. The number of aromatic nitrogens is 1. The number of nitrogen functional groups attached to an aromatic ring is 1. The SMILES string of the molecule is COCC(C)(C)NC(=O)c1cc(Cl)nc(NN)c1. The van der Waals surface area contributed by atoms with E-state index in [-0.39, 0.29) is 11.1 Å². The number of halogens is 1. The minimum atomic E-state index is -0.474. The van der Waals surface area contributed by atoms with E-state index in [1.54, 1.807) is 7.11 Å². The van der Waals surface area contributed by atoms with Gasteiger partial charge in [0.15, 0.2) is 0 Å². The van der Waals surface area contributed by atoms with Gasteiger partial charge in [0.05, 0.1) is 12.1 Å². The molecule has 0 radical (unpaired) electrons. The highest BCUT2D eigenvalue weighted by atomic mass is 35.5. The molecule has 0 saturated heterocycles. The predicted molar refractivity (Wildman–Crippen MR) is 70.5 cm³/mol. The Labute approximate surface area is 111 Å². The molecule has 1 rings (SSSR count). The monoisotopic (exact) mass is 272 g/mol. The first-order valence-corrected chi connectivity index (χ1v) is 5.71. The molecule has 0 aliphatic carbocycles. The molecule has 18 heavy (non-hydrogen) atoms. The van der Waals surface area contributed by atoms with Crippen LogP contribution in [-0.2, 0) is 4.74 Å². The fourth-order valence-corrected chi connectivity index (χ4v) is 1.69. The molecule has 7 heteroatoms. The molecule has 0 atom stereocenters. The molecule has 0 fully saturated rings. The van der Waals surface area contributed by atoms with Crippen molar-refractivity contribution in [2.75, 3.05) is 19.1 Å². The van der Waals surface area contributed by atoms with Gasteiger partial charge in [0, 0.05) is 12.7 Å². The summed E-state index contributed by atoms with van der Waals surface area (Å²) in [5.74, 6) is 5.30. The van der Waals surface area contributed by atoms with E-state index in [1.165, 1.54) is 12.1 Å². The summed E-state index contributed by atoms with van der Waals surface area (Å²) in [5, 5.41) is 3.03. The lowest BCUT2D eigenvalue weighted by Gasteiger charge is -2.25. The van der Waals surface area contributed by atoms with Gasteiger partial charge < -0.3 is 15.5 Å². The van der Waals surface area contributed by atoms with E-state index >= 15 is 0 Å². The predicted octanol–water partition coefficient (Wildman–Crippen LogP) is 1.18. The number of anilines is 1. The van der Waals surface area contributed by atoms with Gasteiger partial charge in [0.1, 0.15) is 11.0 Å². The summed E-state index contributed by atoms with van der Waals surface area (Å²) in [7, 11) is 1.58. The normalized spacial score (nSPS) is 11.2. The molecular weight excluding hydrogens is 256 g/mol. The van der Waals surface area contributed by atoms with Gasteiger partial charge in [-0.15, -0.1) is 0 Å². The van der Waals surface area contributed by atoms with Crippen LogP contribution in [0.2, 0.25) is 5.15 Å². The summed E-state index contributed by atoms with van der Waals surface area (Å²) < 4.78 is 5.03. The topological polar surface area (TPSA) is 89.3 Å². The molecule has 0 spiro atoms. The molecule has 0 aliphatic rings. The van der Waals surface area contributed by atoms with Gasteiger partial charge in [-0.25, -0.2) is 10.8 Å². The summed E-state index contributed by atoms with van der Waals surface area (Å²) in [6.07, 6.45) is 0. The Kier molecular flexibility index (Phi) is 4.89. The Bertz CT molecular complexity index is 437. The number of amides is 1. The molecule has 4 N–H and O–H groups in total. The van der Waals surface area contributed by atoms with Crippen LogP contribution in [0, 0.1) is 0 Å². The third-order valence-corrected chi connectivity index (χ3v) is 2.35. The lowest BCUT2D eigenvalue weighted by Crippen LogP contribution is -2.46. The highest BCUT2D eigenvalue weighted by molar-refractivity contribution is 6.29. The van der Waals surface area contributed by atoms with E-state index in [4.69, 9.17) is 22.2 Å². The van der Waals surface area contributed by atoms with E-state index in [2.05, 4.69) is 15.7 Å². The number of ether oxygens (including phenoxy) is 1. The lowest BCUT2D eigenvalue weighted by molar-refractivity contribution is 0.0820. The van der Waals surface area contributed by atoms with Crippen LogP contribution in [0.1, 0.15) is 24.2 Å². The number of methoxy groups -OCH3 is 1. The quantitative estimate of drug-likeness (QED) is 0.425. The van der Waals surface area contributed by atoms with E-state index in [1.807, 2.05) is 13.8 Å². The van der Waals surface area contributed by atoms with Crippen LogP contribution in [0.4, 0.5) is 5.82 Å². The van der Waals surface area contributed by atoms with E-state index < -0.39 is 5.54 Å². The molecule has 1 heterocycles. The number of nitrogens with zero attached hydrogens (tertiary/aromatic N) is 1. The number of hydrogen-bond donors (Lipinski definition) is 3. The Balaban J connectivity index is 2.87. The van der Waals surface area contributed by atoms with Crippen molar-refractivity contribution in [1.29, 1.82) is 0 Å². The average Bonchev–Trinajstić information content (AvgIpc) is 2.27. The Morgan fingerprint density at radius 3 is 2.78 bits per heavy atom. The van der Waals surface area contributed by atoms with Crippen molar-refractivity contribution in [2.45, 2.75) is 19.4 Å². The third-order valence-electron chi connectivity index (χ3n) is 2.16. The van der Waals surface area contributed by atoms with Crippen molar-refractivity contribution in [3.05, 3.63) is 22.8 Å². The van der Waals surface area contributed by atoms with Crippen molar-refractivity contribution in [2.24, 2.45) is 5.84 Å². The molecule has 1 amide bonds. The molecule has 0 aromatic carbocycles. The van der Waals surface area contributed by atoms with Crippen LogP contribution in [0.15, 0.2) is 12.1 Å². The first-order chi connectivity index (χ1) is 8.38. The van der Waals surface area contributed by atoms with Crippen molar-refractivity contribution >= 4 is 23.3 Å². The largest absolute Gasteiger partial charge is 0.382 e. The second-order valence-corrected chi connectivity index (χ2v) is 4.87. The van der Waals surface area contributed by atoms with Gasteiger partial charge in [-0.3, -0.25) is 4.79 Å². The zero-order valence-corrected chi connectivity index (χ0v) is 11.3. The molecule has 1 aromatic heterocycles. The summed E-state index contributed by atoms with van der Waals surface area (Å²) in [4.78, 5) is 15.9. The van der Waals surface area contributed by atoms with Gasteiger partial charge in [0.25, 0.3) is 5.91 Å². The van der Waals surface area contributed by atoms with Crippen molar-refractivity contribution in [3.63, 3.8) is 0 Å². The fourth-order valence-electron chi connectivity index (χ4n) is 1.48. The number of nitrogens with one attached hydrogen (secondary N) is 2. The number of carbonyl (C=O) groups excluding carboxylic acids is 1. The Morgan fingerprint density at radius 2 is 2.22 bits per heavy atom. The van der Waals surface area contributed by atoms with Gasteiger partial charge in [-0.05, 0) is 26.0 Å². The summed E-state index contributed by atoms with van der Waals surface area (Å²) in [6.45, 7) is 4.12. The van der Waals surface area contributed by atoms with Crippen LogP contribution in [0.3, 0.4) is 0 Å². The number of rotatable bonds is 5. The molecule has 0 aliphatic heterocycles. The lowest BCUT2D eigenvalue weighted by atomic mass is 10.1. The second-order valence-electron chi connectivity index (χ2n) is 4.48. The van der Waals surface area contributed by atoms with Crippen LogP contribution >= 0.6 is 11.6 Å². The van der Waals surface area contributed by atoms with Crippen molar-refractivity contribution in [1.82, 2.24) is 10.3 Å². The second kappa shape index (κ2) is 5.99. The molecule has 0 bridgehead atoms. The van der Waals surface area contributed by atoms with Gasteiger partial charge in [-0.1, -0.05) is 11.6 Å². The maximum Gasteiger partial charge on any atom is 0.252 e.